The van der Waals surface area contributed by atoms with Gasteiger partial charge in [-0.25, -0.2) is 4.98 Å². The second kappa shape index (κ2) is 6.45. The maximum atomic E-state index is 12.1. The molecular weight excluding hydrogens is 318 g/mol. The van der Waals surface area contributed by atoms with Gasteiger partial charge in [-0.1, -0.05) is 11.8 Å². The molecule has 112 valence electrons. The quantitative estimate of drug-likeness (QED) is 0.355. The first-order valence-electron chi connectivity index (χ1n) is 6.02. The molecule has 0 aliphatic rings. The molecule has 0 spiro atoms. The van der Waals surface area contributed by atoms with Crippen molar-refractivity contribution >= 4 is 46.5 Å². The number of thioether (sulfide) groups is 1. The van der Waals surface area contributed by atoms with Crippen LogP contribution in [-0.2, 0) is 9.53 Å². The molecule has 0 atom stereocenters. The van der Waals surface area contributed by atoms with Crippen LogP contribution in [0.25, 0.3) is 0 Å². The van der Waals surface area contributed by atoms with Crippen molar-refractivity contribution < 1.29 is 14.3 Å². The van der Waals surface area contributed by atoms with E-state index in [4.69, 9.17) is 16.3 Å². The molecule has 0 radical (unpaired) electrons. The van der Waals surface area contributed by atoms with Gasteiger partial charge < -0.3 is 4.74 Å². The minimum atomic E-state index is -0.771. The predicted molar refractivity (Wildman–Crippen MR) is 82.9 cm³/mol. The lowest BCUT2D eigenvalue weighted by atomic mass is 10.1. The number of hydrogen-bond donors (Lipinski definition) is 0. The lowest BCUT2D eigenvalue weighted by Crippen LogP contribution is -2.36. The van der Waals surface area contributed by atoms with Gasteiger partial charge in [-0.05, 0) is 34.6 Å². The molecule has 0 fully saturated rings. The minimum absolute atomic E-state index is 0.0939. The fourth-order valence-corrected chi connectivity index (χ4v) is 3.51. The number of thiazole rings is 1. The molecule has 1 heterocycles. The van der Waals surface area contributed by atoms with Gasteiger partial charge in [-0.2, -0.15) is 0 Å². The Bertz CT molecular complexity index is 506. The summed E-state index contributed by atoms with van der Waals surface area (Å²) >= 11 is 8.09. The lowest BCUT2D eigenvalue weighted by Gasteiger charge is -2.27. The lowest BCUT2D eigenvalue weighted by molar-refractivity contribution is -0.156. The molecule has 1 aromatic rings. The summed E-state index contributed by atoms with van der Waals surface area (Å²) < 4.78 is 5.26. The van der Waals surface area contributed by atoms with Crippen molar-refractivity contribution in [3.05, 3.63) is 11.1 Å². The standard InChI is InChI=1S/C13H18ClNO3S2/c1-12(2,3)18-10(17)13(4,5)20-11-15-8(7-19-11)9(16)6-14/h7H,6H2,1-5H3. The summed E-state index contributed by atoms with van der Waals surface area (Å²) in [5, 5.41) is 1.65. The van der Waals surface area contributed by atoms with Crippen molar-refractivity contribution in [3.8, 4) is 0 Å². The molecule has 0 N–H and O–H groups in total. The number of Topliss-reactive ketones (excluding diaryl/α,β-unsaturated/α-hetero) is 1. The van der Waals surface area contributed by atoms with E-state index < -0.39 is 10.3 Å². The van der Waals surface area contributed by atoms with E-state index in [9.17, 15) is 9.59 Å². The molecule has 0 saturated heterocycles. The highest BCUT2D eigenvalue weighted by Crippen LogP contribution is 2.36. The van der Waals surface area contributed by atoms with Gasteiger partial charge >= 0.3 is 5.97 Å². The molecule has 0 unspecified atom stereocenters. The van der Waals surface area contributed by atoms with E-state index in [2.05, 4.69) is 4.98 Å². The van der Waals surface area contributed by atoms with Gasteiger partial charge in [0.2, 0.25) is 0 Å². The average molecular weight is 336 g/mol. The molecular formula is C13H18ClNO3S2. The van der Waals surface area contributed by atoms with Crippen LogP contribution >= 0.6 is 34.7 Å². The first-order chi connectivity index (χ1) is 9.05. The highest BCUT2D eigenvalue weighted by atomic mass is 35.5. The summed E-state index contributed by atoms with van der Waals surface area (Å²) in [7, 11) is 0. The van der Waals surface area contributed by atoms with E-state index in [1.54, 1.807) is 19.2 Å². The molecule has 0 aromatic carbocycles. The topological polar surface area (TPSA) is 56.3 Å². The summed E-state index contributed by atoms with van der Waals surface area (Å²) in [4.78, 5) is 27.7. The monoisotopic (exact) mass is 335 g/mol. The normalized spacial score (nSPS) is 12.3. The van der Waals surface area contributed by atoms with Crippen LogP contribution in [0.3, 0.4) is 0 Å². The predicted octanol–water partition coefficient (Wildman–Crippen LogP) is 3.78. The van der Waals surface area contributed by atoms with Gasteiger partial charge in [-0.15, -0.1) is 22.9 Å². The van der Waals surface area contributed by atoms with Crippen molar-refractivity contribution in [3.63, 3.8) is 0 Å². The van der Waals surface area contributed by atoms with Crippen LogP contribution in [0, 0.1) is 0 Å². The SMILES string of the molecule is CC(C)(C)OC(=O)C(C)(C)Sc1nc(C(=O)CCl)cs1. The number of carbonyl (C=O) groups is 2. The van der Waals surface area contributed by atoms with Gasteiger partial charge in [0.1, 0.15) is 16.0 Å². The van der Waals surface area contributed by atoms with Gasteiger partial charge in [0.15, 0.2) is 10.1 Å². The summed E-state index contributed by atoms with van der Waals surface area (Å²) in [5.74, 6) is -0.621. The Balaban J connectivity index is 2.78. The fourth-order valence-electron chi connectivity index (χ4n) is 1.16. The molecule has 0 aliphatic heterocycles. The largest absolute Gasteiger partial charge is 0.459 e. The van der Waals surface area contributed by atoms with Crippen LogP contribution in [-0.4, -0.2) is 33.0 Å². The van der Waals surface area contributed by atoms with Gasteiger partial charge in [-0.3, -0.25) is 9.59 Å². The molecule has 7 heteroatoms. The number of esters is 1. The Hall–Kier alpha value is -0.590. The smallest absolute Gasteiger partial charge is 0.322 e. The van der Waals surface area contributed by atoms with E-state index in [1.165, 1.54) is 23.1 Å². The molecule has 4 nitrogen and oxygen atoms in total. The molecule has 1 rings (SSSR count). The Morgan fingerprint density at radius 2 is 1.95 bits per heavy atom. The minimum Gasteiger partial charge on any atom is -0.459 e. The number of rotatable bonds is 5. The van der Waals surface area contributed by atoms with Crippen LogP contribution in [0.4, 0.5) is 0 Å². The van der Waals surface area contributed by atoms with E-state index in [-0.39, 0.29) is 17.6 Å². The van der Waals surface area contributed by atoms with Gasteiger partial charge in [0, 0.05) is 5.38 Å². The summed E-state index contributed by atoms with van der Waals surface area (Å²) in [6.07, 6.45) is 0. The third-order valence-corrected chi connectivity index (χ3v) is 4.48. The van der Waals surface area contributed by atoms with Crippen molar-refractivity contribution in [1.82, 2.24) is 4.98 Å². The number of carbonyl (C=O) groups excluding carboxylic acids is 2. The van der Waals surface area contributed by atoms with E-state index in [1.807, 2.05) is 20.8 Å². The Kier molecular flexibility index (Phi) is 5.63. The highest BCUT2D eigenvalue weighted by molar-refractivity contribution is 8.03. The number of alkyl halides is 1. The zero-order chi connectivity index (χ0) is 15.6. The second-order valence-corrected chi connectivity index (χ2v) is 8.66. The third kappa shape index (κ3) is 5.07. The van der Waals surface area contributed by atoms with E-state index in [0.29, 0.717) is 10.0 Å². The van der Waals surface area contributed by atoms with Gasteiger partial charge in [0.05, 0.1) is 5.88 Å². The highest BCUT2D eigenvalue weighted by Gasteiger charge is 2.34. The van der Waals surface area contributed by atoms with Crippen LogP contribution in [0.1, 0.15) is 45.1 Å². The van der Waals surface area contributed by atoms with Crippen molar-refractivity contribution in [2.24, 2.45) is 0 Å². The van der Waals surface area contributed by atoms with E-state index >= 15 is 0 Å². The molecule has 0 aliphatic carbocycles. The van der Waals surface area contributed by atoms with E-state index in [0.717, 1.165) is 0 Å². The number of ether oxygens (including phenoxy) is 1. The first kappa shape index (κ1) is 17.5. The zero-order valence-corrected chi connectivity index (χ0v) is 14.5. The number of ketones is 1. The Morgan fingerprint density at radius 3 is 2.45 bits per heavy atom. The number of halogens is 1. The second-order valence-electron chi connectivity index (χ2n) is 5.67. The molecule has 0 saturated carbocycles. The van der Waals surface area contributed by atoms with Crippen LogP contribution in [0.2, 0.25) is 0 Å². The average Bonchev–Trinajstić information content (AvgIpc) is 2.73. The number of aromatic nitrogens is 1. The van der Waals surface area contributed by atoms with Crippen molar-refractivity contribution in [1.29, 1.82) is 0 Å². The Morgan fingerprint density at radius 1 is 1.35 bits per heavy atom. The van der Waals surface area contributed by atoms with Crippen molar-refractivity contribution in [2.45, 2.75) is 49.3 Å². The molecule has 1 aromatic heterocycles. The number of nitrogens with zero attached hydrogens (tertiary/aromatic N) is 1. The van der Waals surface area contributed by atoms with Gasteiger partial charge in [0.25, 0.3) is 0 Å². The van der Waals surface area contributed by atoms with Crippen LogP contribution in [0.5, 0.6) is 0 Å². The Labute approximate surface area is 132 Å². The van der Waals surface area contributed by atoms with Crippen LogP contribution in [0.15, 0.2) is 9.72 Å². The van der Waals surface area contributed by atoms with Crippen molar-refractivity contribution in [2.75, 3.05) is 5.88 Å². The third-order valence-electron chi connectivity index (χ3n) is 2.12. The first-order valence-corrected chi connectivity index (χ1v) is 8.25. The molecule has 20 heavy (non-hydrogen) atoms. The van der Waals surface area contributed by atoms with Crippen LogP contribution < -0.4 is 0 Å². The summed E-state index contributed by atoms with van der Waals surface area (Å²) in [5.41, 5.74) is -0.190. The fraction of sp³-hybridized carbons (Fsp3) is 0.615. The number of hydrogen-bond acceptors (Lipinski definition) is 6. The molecule has 0 bridgehead atoms. The maximum Gasteiger partial charge on any atom is 0.322 e. The zero-order valence-electron chi connectivity index (χ0n) is 12.2. The molecule has 0 amide bonds. The summed E-state index contributed by atoms with van der Waals surface area (Å²) in [6, 6.07) is 0. The summed E-state index contributed by atoms with van der Waals surface area (Å²) in [6.45, 7) is 9.03. The maximum absolute atomic E-state index is 12.1.